The molecule has 1 fully saturated rings. The van der Waals surface area contributed by atoms with Gasteiger partial charge < -0.3 is 10.1 Å². The summed E-state index contributed by atoms with van der Waals surface area (Å²) in [6, 6.07) is 9.53. The second-order valence-electron chi connectivity index (χ2n) is 7.64. The first-order valence-corrected chi connectivity index (χ1v) is 13.2. The number of carbonyl (C=O) groups is 2. The van der Waals surface area contributed by atoms with E-state index in [-0.39, 0.29) is 21.0 Å². The van der Waals surface area contributed by atoms with Gasteiger partial charge in [-0.05, 0) is 55.7 Å². The standard InChI is InChI=1S/C21H25N3O7S2/c1-15-8-9-18(33(29,30)24-10-3-2-4-11-24)13-19(15)21(26)31-14-20(25)23-16-6-5-7-17(12-16)32(22,27)28/h5-9,12-13H,2-4,10-11,14H2,1H3,(H,23,25)(H2,22,27,28). The van der Waals surface area contributed by atoms with E-state index in [1.807, 2.05) is 0 Å². The number of ether oxygens (including phenoxy) is 1. The summed E-state index contributed by atoms with van der Waals surface area (Å²) in [4.78, 5) is 24.5. The van der Waals surface area contributed by atoms with Gasteiger partial charge in [0.1, 0.15) is 0 Å². The molecule has 0 radical (unpaired) electrons. The Morgan fingerprint density at radius 1 is 1.00 bits per heavy atom. The molecule has 1 amide bonds. The smallest absolute Gasteiger partial charge is 0.338 e. The molecule has 178 valence electrons. The van der Waals surface area contributed by atoms with Gasteiger partial charge in [-0.2, -0.15) is 4.31 Å². The Kier molecular flexibility index (Phi) is 7.52. The number of nitrogens with one attached hydrogen (secondary N) is 1. The Morgan fingerprint density at radius 2 is 1.70 bits per heavy atom. The van der Waals surface area contributed by atoms with Crippen molar-refractivity contribution in [2.24, 2.45) is 5.14 Å². The Hall–Kier alpha value is -2.80. The summed E-state index contributed by atoms with van der Waals surface area (Å²) >= 11 is 0. The van der Waals surface area contributed by atoms with Gasteiger partial charge in [-0.1, -0.05) is 18.6 Å². The van der Waals surface area contributed by atoms with E-state index >= 15 is 0 Å². The fourth-order valence-electron chi connectivity index (χ4n) is 3.39. The predicted molar refractivity (Wildman–Crippen MR) is 121 cm³/mol. The lowest BCUT2D eigenvalue weighted by Gasteiger charge is -2.26. The maximum Gasteiger partial charge on any atom is 0.338 e. The molecule has 0 aromatic heterocycles. The maximum absolute atomic E-state index is 12.9. The van der Waals surface area contributed by atoms with E-state index in [9.17, 15) is 26.4 Å². The number of rotatable bonds is 7. The van der Waals surface area contributed by atoms with Gasteiger partial charge in [-0.15, -0.1) is 0 Å². The Morgan fingerprint density at radius 3 is 2.36 bits per heavy atom. The molecule has 3 rings (SSSR count). The first-order chi connectivity index (χ1) is 15.5. The quantitative estimate of drug-likeness (QED) is 0.553. The SMILES string of the molecule is Cc1ccc(S(=O)(=O)N2CCCCC2)cc1C(=O)OCC(=O)Nc1cccc(S(N)(=O)=O)c1. The van der Waals surface area contributed by atoms with Crippen molar-refractivity contribution in [2.45, 2.75) is 36.0 Å². The van der Waals surface area contributed by atoms with Gasteiger partial charge in [0.15, 0.2) is 6.61 Å². The summed E-state index contributed by atoms with van der Waals surface area (Å²) in [5.74, 6) is -1.55. The highest BCUT2D eigenvalue weighted by atomic mass is 32.2. The van der Waals surface area contributed by atoms with E-state index in [0.717, 1.165) is 19.3 Å². The van der Waals surface area contributed by atoms with Crippen LogP contribution in [0.5, 0.6) is 0 Å². The zero-order chi connectivity index (χ0) is 24.2. The second kappa shape index (κ2) is 10.00. The number of primary sulfonamides is 1. The van der Waals surface area contributed by atoms with Crippen LogP contribution in [0.1, 0.15) is 35.2 Å². The molecule has 0 aliphatic carbocycles. The molecule has 0 unspecified atom stereocenters. The number of nitrogens with two attached hydrogens (primary N) is 1. The van der Waals surface area contributed by atoms with Crippen LogP contribution in [0.4, 0.5) is 5.69 Å². The number of esters is 1. The van der Waals surface area contributed by atoms with Crippen LogP contribution in [-0.4, -0.2) is 52.7 Å². The first kappa shape index (κ1) is 24.8. The van der Waals surface area contributed by atoms with E-state index in [2.05, 4.69) is 5.32 Å². The number of carbonyl (C=O) groups excluding carboxylic acids is 2. The highest BCUT2D eigenvalue weighted by Gasteiger charge is 2.27. The third-order valence-electron chi connectivity index (χ3n) is 5.16. The number of anilines is 1. The summed E-state index contributed by atoms with van der Waals surface area (Å²) < 4.78 is 55.1. The van der Waals surface area contributed by atoms with Crippen molar-refractivity contribution in [3.63, 3.8) is 0 Å². The summed E-state index contributed by atoms with van der Waals surface area (Å²) in [6.45, 7) is 1.85. The third-order valence-corrected chi connectivity index (χ3v) is 7.97. The van der Waals surface area contributed by atoms with Crippen molar-refractivity contribution in [1.29, 1.82) is 0 Å². The number of nitrogens with zero attached hydrogens (tertiary/aromatic N) is 1. The lowest BCUT2D eigenvalue weighted by atomic mass is 10.1. The van der Waals surface area contributed by atoms with Crippen LogP contribution in [-0.2, 0) is 29.6 Å². The van der Waals surface area contributed by atoms with Crippen LogP contribution >= 0.6 is 0 Å². The molecule has 2 aromatic carbocycles. The number of amides is 1. The summed E-state index contributed by atoms with van der Waals surface area (Å²) in [5, 5.41) is 7.48. The number of piperidine rings is 1. The number of hydrogen-bond donors (Lipinski definition) is 2. The zero-order valence-electron chi connectivity index (χ0n) is 18.0. The molecular formula is C21H25N3O7S2. The van der Waals surface area contributed by atoms with Crippen molar-refractivity contribution < 1.29 is 31.2 Å². The predicted octanol–water partition coefficient (Wildman–Crippen LogP) is 1.61. The Labute approximate surface area is 192 Å². The lowest BCUT2D eigenvalue weighted by Crippen LogP contribution is -2.35. The average Bonchev–Trinajstić information content (AvgIpc) is 2.78. The van der Waals surface area contributed by atoms with Gasteiger partial charge in [0.05, 0.1) is 15.4 Å². The number of aryl methyl sites for hydroxylation is 1. The number of benzene rings is 2. The molecule has 1 aliphatic heterocycles. The Bertz CT molecular complexity index is 1270. The van der Waals surface area contributed by atoms with Gasteiger partial charge in [0, 0.05) is 18.8 Å². The molecular weight excluding hydrogens is 470 g/mol. The fourth-order valence-corrected chi connectivity index (χ4v) is 5.50. The molecule has 12 heteroatoms. The van der Waals surface area contributed by atoms with Crippen molar-refractivity contribution in [2.75, 3.05) is 25.0 Å². The largest absolute Gasteiger partial charge is 0.452 e. The molecule has 1 heterocycles. The van der Waals surface area contributed by atoms with E-state index in [1.165, 1.54) is 46.8 Å². The zero-order valence-corrected chi connectivity index (χ0v) is 19.6. The fraction of sp³-hybridized carbons (Fsp3) is 0.333. The van der Waals surface area contributed by atoms with E-state index < -0.39 is 38.5 Å². The molecule has 0 bridgehead atoms. The van der Waals surface area contributed by atoms with Gasteiger partial charge in [0.2, 0.25) is 20.0 Å². The minimum absolute atomic E-state index is 0.00814. The topological polar surface area (TPSA) is 153 Å². The summed E-state index contributed by atoms with van der Waals surface area (Å²) in [7, 11) is -7.68. The molecule has 0 atom stereocenters. The highest BCUT2D eigenvalue weighted by Crippen LogP contribution is 2.23. The van der Waals surface area contributed by atoms with Crippen molar-refractivity contribution >= 4 is 37.6 Å². The third kappa shape index (κ3) is 6.16. The molecule has 1 saturated heterocycles. The van der Waals surface area contributed by atoms with Gasteiger partial charge in [-0.3, -0.25) is 4.79 Å². The van der Waals surface area contributed by atoms with Crippen LogP contribution < -0.4 is 10.5 Å². The van der Waals surface area contributed by atoms with Crippen LogP contribution in [0.3, 0.4) is 0 Å². The average molecular weight is 496 g/mol. The molecule has 0 spiro atoms. The van der Waals surface area contributed by atoms with Crippen LogP contribution in [0.25, 0.3) is 0 Å². The number of hydrogen-bond acceptors (Lipinski definition) is 7. The normalized spacial score (nSPS) is 15.1. The van der Waals surface area contributed by atoms with Crippen LogP contribution in [0.15, 0.2) is 52.3 Å². The highest BCUT2D eigenvalue weighted by molar-refractivity contribution is 7.89. The van der Waals surface area contributed by atoms with Crippen LogP contribution in [0, 0.1) is 6.92 Å². The lowest BCUT2D eigenvalue weighted by molar-refractivity contribution is -0.119. The molecule has 3 N–H and O–H groups in total. The molecule has 0 saturated carbocycles. The van der Waals surface area contributed by atoms with Crippen LogP contribution in [0.2, 0.25) is 0 Å². The Balaban J connectivity index is 1.68. The van der Waals surface area contributed by atoms with Crippen molar-refractivity contribution in [3.05, 3.63) is 53.6 Å². The monoisotopic (exact) mass is 495 g/mol. The molecule has 2 aromatic rings. The second-order valence-corrected chi connectivity index (χ2v) is 11.1. The minimum atomic E-state index is -3.94. The van der Waals surface area contributed by atoms with E-state index in [1.54, 1.807) is 6.92 Å². The van der Waals surface area contributed by atoms with Gasteiger partial charge in [0.25, 0.3) is 5.91 Å². The van der Waals surface area contributed by atoms with Crippen molar-refractivity contribution in [1.82, 2.24) is 4.31 Å². The molecule has 1 aliphatic rings. The minimum Gasteiger partial charge on any atom is -0.452 e. The molecule has 10 nitrogen and oxygen atoms in total. The summed E-state index contributed by atoms with van der Waals surface area (Å²) in [6.07, 6.45) is 2.55. The van der Waals surface area contributed by atoms with Gasteiger partial charge in [-0.25, -0.2) is 26.8 Å². The van der Waals surface area contributed by atoms with E-state index in [4.69, 9.17) is 9.88 Å². The summed E-state index contributed by atoms with van der Waals surface area (Å²) in [5.41, 5.74) is 0.698. The van der Waals surface area contributed by atoms with E-state index in [0.29, 0.717) is 18.7 Å². The molecule has 33 heavy (non-hydrogen) atoms. The van der Waals surface area contributed by atoms with Gasteiger partial charge >= 0.3 is 5.97 Å². The maximum atomic E-state index is 12.9. The first-order valence-electron chi connectivity index (χ1n) is 10.2. The number of sulfonamides is 2. The van der Waals surface area contributed by atoms with Crippen molar-refractivity contribution in [3.8, 4) is 0 Å².